The first-order chi connectivity index (χ1) is 14.3. The number of aromatic hydroxyl groups is 1. The minimum absolute atomic E-state index is 0.000931. The number of hydrogen-bond acceptors (Lipinski definition) is 4. The third-order valence-electron chi connectivity index (χ3n) is 4.46. The molecule has 1 aromatic heterocycles. The molecule has 0 spiro atoms. The van der Waals surface area contributed by atoms with Gasteiger partial charge in [0, 0.05) is 27.1 Å². The Kier molecular flexibility index (Phi) is 5.71. The molecule has 0 bridgehead atoms. The Morgan fingerprint density at radius 1 is 0.833 bits per heavy atom. The lowest BCUT2D eigenvalue weighted by Gasteiger charge is -2.10. The van der Waals surface area contributed by atoms with Crippen LogP contribution in [0.5, 0.6) is 5.75 Å². The van der Waals surface area contributed by atoms with E-state index in [2.05, 4.69) is 4.98 Å². The van der Waals surface area contributed by atoms with Crippen molar-refractivity contribution in [2.24, 2.45) is 0 Å². The maximum absolute atomic E-state index is 11.9. The zero-order valence-corrected chi connectivity index (χ0v) is 18.1. The molecule has 150 valence electrons. The fraction of sp³-hybridized carbons (Fsp3) is 0. The quantitative estimate of drug-likeness (QED) is 0.320. The van der Waals surface area contributed by atoms with E-state index in [0.29, 0.717) is 42.5 Å². The molecule has 1 heterocycles. The number of carbonyl (C=O) groups is 1. The summed E-state index contributed by atoms with van der Waals surface area (Å²) in [7, 11) is 0. The Hall–Kier alpha value is -2.57. The number of halogens is 3. The van der Waals surface area contributed by atoms with Gasteiger partial charge in [0.05, 0.1) is 21.3 Å². The molecule has 8 heteroatoms. The number of hydrogen-bond donors (Lipinski definition) is 2. The van der Waals surface area contributed by atoms with Gasteiger partial charge in [-0.1, -0.05) is 53.0 Å². The Bertz CT molecular complexity index is 1290. The third kappa shape index (κ3) is 4.02. The molecule has 4 rings (SSSR count). The number of aromatic nitrogens is 1. The van der Waals surface area contributed by atoms with Crippen LogP contribution in [0.2, 0.25) is 15.1 Å². The lowest BCUT2D eigenvalue weighted by molar-refractivity contribution is 0.0697. The maximum atomic E-state index is 11.9. The largest absolute Gasteiger partial charge is 0.508 e. The van der Waals surface area contributed by atoms with E-state index in [1.54, 1.807) is 30.3 Å². The molecule has 4 nitrogen and oxygen atoms in total. The molecule has 3 aromatic carbocycles. The van der Waals surface area contributed by atoms with Crippen molar-refractivity contribution in [1.82, 2.24) is 4.98 Å². The number of phenolic OH excluding ortho intramolecular Hbond substituents is 1. The van der Waals surface area contributed by atoms with E-state index < -0.39 is 5.97 Å². The lowest BCUT2D eigenvalue weighted by Crippen LogP contribution is -2.00. The number of phenols is 1. The second-order valence-corrected chi connectivity index (χ2v) is 8.48. The summed E-state index contributed by atoms with van der Waals surface area (Å²) in [5.74, 6) is -1.10. The average molecular weight is 477 g/mol. The Labute approximate surface area is 190 Å². The van der Waals surface area contributed by atoms with Gasteiger partial charge in [0.1, 0.15) is 10.8 Å². The van der Waals surface area contributed by atoms with Crippen LogP contribution in [0.1, 0.15) is 10.4 Å². The van der Waals surface area contributed by atoms with Gasteiger partial charge in [-0.25, -0.2) is 9.78 Å². The van der Waals surface area contributed by atoms with Crippen LogP contribution in [0, 0.1) is 0 Å². The molecule has 0 saturated heterocycles. The molecule has 0 aliphatic rings. The van der Waals surface area contributed by atoms with Gasteiger partial charge >= 0.3 is 5.97 Å². The predicted molar refractivity (Wildman–Crippen MR) is 122 cm³/mol. The molecule has 0 saturated carbocycles. The minimum Gasteiger partial charge on any atom is -0.508 e. The molecular weight excluding hydrogens is 465 g/mol. The molecule has 0 unspecified atom stereocenters. The normalized spacial score (nSPS) is 10.9. The molecule has 0 aliphatic carbocycles. The number of carboxylic acid groups (broad SMARTS) is 1. The Morgan fingerprint density at radius 2 is 1.57 bits per heavy atom. The van der Waals surface area contributed by atoms with Gasteiger partial charge in [-0.15, -0.1) is 11.3 Å². The lowest BCUT2D eigenvalue weighted by atomic mass is 9.97. The van der Waals surface area contributed by atoms with Crippen LogP contribution in [0.25, 0.3) is 33.0 Å². The smallest absolute Gasteiger partial charge is 0.336 e. The summed E-state index contributed by atoms with van der Waals surface area (Å²) in [6.07, 6.45) is 0. The highest BCUT2D eigenvalue weighted by Crippen LogP contribution is 2.37. The van der Waals surface area contributed by atoms with Crippen molar-refractivity contribution in [3.63, 3.8) is 0 Å². The van der Waals surface area contributed by atoms with Crippen molar-refractivity contribution in [3.8, 4) is 38.7 Å². The van der Waals surface area contributed by atoms with Gasteiger partial charge in [0.25, 0.3) is 0 Å². The second-order valence-electron chi connectivity index (χ2n) is 6.40. The first-order valence-corrected chi connectivity index (χ1v) is 10.6. The fourth-order valence-electron chi connectivity index (χ4n) is 3.00. The summed E-state index contributed by atoms with van der Waals surface area (Å²) in [5, 5.41) is 23.3. The number of thiazole rings is 1. The number of nitrogens with zero attached hydrogens (tertiary/aromatic N) is 1. The first kappa shape index (κ1) is 20.7. The fourth-order valence-corrected chi connectivity index (χ4v) is 4.35. The average Bonchev–Trinajstić information content (AvgIpc) is 3.21. The van der Waals surface area contributed by atoms with Gasteiger partial charge in [-0.3, -0.25) is 0 Å². The number of benzene rings is 3. The third-order valence-corrected chi connectivity index (χ3v) is 6.42. The van der Waals surface area contributed by atoms with E-state index in [1.165, 1.54) is 29.5 Å². The molecule has 0 aliphatic heterocycles. The Morgan fingerprint density at radius 3 is 2.30 bits per heavy atom. The van der Waals surface area contributed by atoms with Gasteiger partial charge < -0.3 is 10.2 Å². The molecule has 4 aromatic rings. The highest BCUT2D eigenvalue weighted by Gasteiger charge is 2.17. The van der Waals surface area contributed by atoms with E-state index in [9.17, 15) is 15.0 Å². The molecule has 30 heavy (non-hydrogen) atoms. The van der Waals surface area contributed by atoms with Crippen LogP contribution in [-0.4, -0.2) is 21.2 Å². The van der Waals surface area contributed by atoms with Gasteiger partial charge in [-0.2, -0.15) is 0 Å². The SMILES string of the molecule is O=C(O)c1cc(-c2nc(-c3ccc(Cl)c(Cl)c3)cs2)ccc1-c1cc(O)ccc1Cl. The monoisotopic (exact) mass is 475 g/mol. The highest BCUT2D eigenvalue weighted by molar-refractivity contribution is 7.13. The molecular formula is C22H12Cl3NO3S. The van der Waals surface area contributed by atoms with Gasteiger partial charge in [0.15, 0.2) is 0 Å². The topological polar surface area (TPSA) is 70.4 Å². The van der Waals surface area contributed by atoms with E-state index in [0.717, 1.165) is 5.56 Å². The molecule has 0 radical (unpaired) electrons. The summed E-state index contributed by atoms with van der Waals surface area (Å²) in [6, 6.07) is 14.7. The van der Waals surface area contributed by atoms with E-state index in [4.69, 9.17) is 34.8 Å². The van der Waals surface area contributed by atoms with Gasteiger partial charge in [-0.05, 0) is 42.0 Å². The summed E-state index contributed by atoms with van der Waals surface area (Å²) < 4.78 is 0. The van der Waals surface area contributed by atoms with E-state index in [-0.39, 0.29) is 11.3 Å². The van der Waals surface area contributed by atoms with Crippen LogP contribution < -0.4 is 0 Å². The Balaban J connectivity index is 1.77. The van der Waals surface area contributed by atoms with Crippen molar-refractivity contribution in [2.75, 3.05) is 0 Å². The number of rotatable bonds is 4. The zero-order chi connectivity index (χ0) is 21.4. The van der Waals surface area contributed by atoms with Crippen LogP contribution in [0.4, 0.5) is 0 Å². The van der Waals surface area contributed by atoms with Crippen molar-refractivity contribution in [1.29, 1.82) is 0 Å². The summed E-state index contributed by atoms with van der Waals surface area (Å²) >= 11 is 19.7. The summed E-state index contributed by atoms with van der Waals surface area (Å²) in [6.45, 7) is 0. The van der Waals surface area contributed by atoms with Crippen LogP contribution in [-0.2, 0) is 0 Å². The number of carboxylic acids is 1. The van der Waals surface area contributed by atoms with Crippen LogP contribution in [0.15, 0.2) is 60.0 Å². The predicted octanol–water partition coefficient (Wildman–Crippen LogP) is 7.51. The second kappa shape index (κ2) is 8.28. The molecule has 0 amide bonds. The van der Waals surface area contributed by atoms with E-state index >= 15 is 0 Å². The van der Waals surface area contributed by atoms with Gasteiger partial charge in [0.2, 0.25) is 0 Å². The molecule has 0 atom stereocenters. The zero-order valence-electron chi connectivity index (χ0n) is 15.1. The van der Waals surface area contributed by atoms with Crippen molar-refractivity contribution < 1.29 is 15.0 Å². The van der Waals surface area contributed by atoms with Crippen molar-refractivity contribution in [3.05, 3.63) is 80.6 Å². The number of aromatic carboxylic acids is 1. The molecule has 2 N–H and O–H groups in total. The molecule has 0 fully saturated rings. The van der Waals surface area contributed by atoms with Crippen LogP contribution >= 0.6 is 46.1 Å². The maximum Gasteiger partial charge on any atom is 0.336 e. The summed E-state index contributed by atoms with van der Waals surface area (Å²) in [5.41, 5.74) is 3.10. The minimum atomic E-state index is -1.10. The van der Waals surface area contributed by atoms with Crippen LogP contribution in [0.3, 0.4) is 0 Å². The standard InChI is InChI=1S/C22H12Cl3NO3S/c23-17-6-3-13(27)9-15(17)14-4-1-12(7-16(14)22(28)29)21-26-20(10-30-21)11-2-5-18(24)19(25)8-11/h1-10,27H,(H,28,29). The van der Waals surface area contributed by atoms with Crippen molar-refractivity contribution in [2.45, 2.75) is 0 Å². The first-order valence-electron chi connectivity index (χ1n) is 8.61. The summed E-state index contributed by atoms with van der Waals surface area (Å²) in [4.78, 5) is 16.5. The highest BCUT2D eigenvalue weighted by atomic mass is 35.5. The van der Waals surface area contributed by atoms with Crippen molar-refractivity contribution >= 4 is 52.1 Å². The van der Waals surface area contributed by atoms with E-state index in [1.807, 2.05) is 11.4 Å².